The van der Waals surface area contributed by atoms with Crippen LogP contribution in [0.3, 0.4) is 0 Å². The molecule has 0 fully saturated rings. The van der Waals surface area contributed by atoms with E-state index in [1.54, 1.807) is 6.92 Å². The van der Waals surface area contributed by atoms with Crippen LogP contribution in [0.15, 0.2) is 21.9 Å². The first-order valence-electron chi connectivity index (χ1n) is 3.26. The molecule has 0 radical (unpaired) electrons. The Bertz CT molecular complexity index is 320. The van der Waals surface area contributed by atoms with Crippen molar-refractivity contribution in [2.24, 2.45) is 0 Å². The number of carbonyl (C=O) groups is 1. The summed E-state index contributed by atoms with van der Waals surface area (Å²) in [5.41, 5.74) is 0.456. The first-order valence-corrected chi connectivity index (χ1v) is 4.01. The summed E-state index contributed by atoms with van der Waals surface area (Å²) in [4.78, 5) is 10.6. The zero-order valence-corrected chi connectivity index (χ0v) is 8.06. The number of halogens is 2. The van der Waals surface area contributed by atoms with Gasteiger partial charge in [-0.2, -0.15) is 0 Å². The Hall–Kier alpha value is -0.710. The maximum absolute atomic E-state index is 10.6. The van der Waals surface area contributed by atoms with E-state index in [0.717, 1.165) is 6.26 Å². The van der Waals surface area contributed by atoms with Gasteiger partial charge in [-0.25, -0.2) is 4.79 Å². The Morgan fingerprint density at radius 3 is 2.62 bits per heavy atom. The van der Waals surface area contributed by atoms with E-state index < -0.39 is 16.8 Å². The largest absolute Gasteiger partial charge is 0.476 e. The van der Waals surface area contributed by atoms with E-state index in [4.69, 9.17) is 28.3 Å². The molecular formula is C7H6Cl2O4. The maximum atomic E-state index is 10.6. The van der Waals surface area contributed by atoms with Gasteiger partial charge in [0.25, 0.3) is 0 Å². The minimum atomic E-state index is -2.56. The lowest BCUT2D eigenvalue weighted by Gasteiger charge is -2.26. The molecule has 0 bridgehead atoms. The normalized spacial score (nSPS) is 28.2. The van der Waals surface area contributed by atoms with Gasteiger partial charge in [0, 0.05) is 5.57 Å². The zero-order valence-electron chi connectivity index (χ0n) is 6.54. The second-order valence-electron chi connectivity index (χ2n) is 2.50. The van der Waals surface area contributed by atoms with E-state index in [0.29, 0.717) is 5.57 Å². The molecule has 0 saturated heterocycles. The fourth-order valence-electron chi connectivity index (χ4n) is 0.743. The van der Waals surface area contributed by atoms with E-state index in [2.05, 4.69) is 4.74 Å². The summed E-state index contributed by atoms with van der Waals surface area (Å²) in [7, 11) is 0. The number of carboxylic acids is 1. The Labute approximate surface area is 84.0 Å². The van der Waals surface area contributed by atoms with Crippen molar-refractivity contribution in [1.29, 1.82) is 0 Å². The second-order valence-corrected chi connectivity index (χ2v) is 3.25. The molecule has 6 heteroatoms. The van der Waals surface area contributed by atoms with Crippen LogP contribution in [0.4, 0.5) is 0 Å². The van der Waals surface area contributed by atoms with Crippen molar-refractivity contribution in [3.8, 4) is 0 Å². The first kappa shape index (κ1) is 10.4. The summed E-state index contributed by atoms with van der Waals surface area (Å²) in [6, 6.07) is 0. The zero-order chi connectivity index (χ0) is 10.2. The highest BCUT2D eigenvalue weighted by Gasteiger charge is 2.45. The van der Waals surface area contributed by atoms with Gasteiger partial charge >= 0.3 is 11.8 Å². The Morgan fingerprint density at radius 2 is 2.15 bits per heavy atom. The van der Waals surface area contributed by atoms with E-state index >= 15 is 0 Å². The molecule has 0 saturated carbocycles. The number of rotatable bonds is 1. The van der Waals surface area contributed by atoms with Crippen molar-refractivity contribution < 1.29 is 19.7 Å². The molecule has 1 rings (SSSR count). The molecule has 1 unspecified atom stereocenters. The molecule has 1 aliphatic heterocycles. The predicted molar refractivity (Wildman–Crippen MR) is 46.2 cm³/mol. The summed E-state index contributed by atoms with van der Waals surface area (Å²) in [5.74, 6) is -4.17. The molecule has 1 heterocycles. The minimum Gasteiger partial charge on any atom is -0.476 e. The van der Waals surface area contributed by atoms with Gasteiger partial charge in [0.2, 0.25) is 0 Å². The van der Waals surface area contributed by atoms with Crippen LogP contribution in [0.1, 0.15) is 6.92 Å². The first-order chi connectivity index (χ1) is 5.89. The van der Waals surface area contributed by atoms with Gasteiger partial charge in [0.05, 0.1) is 11.3 Å². The number of hydrogen-bond acceptors (Lipinski definition) is 3. The Morgan fingerprint density at radius 1 is 1.62 bits per heavy atom. The van der Waals surface area contributed by atoms with Crippen molar-refractivity contribution in [2.75, 3.05) is 0 Å². The van der Waals surface area contributed by atoms with Crippen LogP contribution in [0.25, 0.3) is 0 Å². The van der Waals surface area contributed by atoms with Crippen LogP contribution >= 0.6 is 23.2 Å². The highest BCUT2D eigenvalue weighted by molar-refractivity contribution is 6.42. The summed E-state index contributed by atoms with van der Waals surface area (Å²) < 4.78 is 4.54. The third kappa shape index (κ3) is 1.52. The average molecular weight is 225 g/mol. The van der Waals surface area contributed by atoms with Crippen molar-refractivity contribution in [3.05, 3.63) is 21.9 Å². The summed E-state index contributed by atoms with van der Waals surface area (Å²) >= 11 is 11.1. The molecule has 4 nitrogen and oxygen atoms in total. The number of ether oxygens (including phenoxy) is 1. The maximum Gasteiger partial charge on any atom is 0.383 e. The smallest absolute Gasteiger partial charge is 0.383 e. The van der Waals surface area contributed by atoms with Gasteiger partial charge in [0.1, 0.15) is 5.03 Å². The van der Waals surface area contributed by atoms with Gasteiger partial charge in [-0.3, -0.25) is 0 Å². The number of carboxylic acid groups (broad SMARTS) is 1. The molecule has 13 heavy (non-hydrogen) atoms. The topological polar surface area (TPSA) is 66.8 Å². The number of aliphatic carboxylic acids is 1. The van der Waals surface area contributed by atoms with Crippen molar-refractivity contribution in [2.45, 2.75) is 12.7 Å². The van der Waals surface area contributed by atoms with Crippen molar-refractivity contribution >= 4 is 29.2 Å². The van der Waals surface area contributed by atoms with Gasteiger partial charge in [0.15, 0.2) is 0 Å². The minimum absolute atomic E-state index is 0.0159. The van der Waals surface area contributed by atoms with E-state index in [1.807, 2.05) is 0 Å². The molecule has 0 aromatic carbocycles. The predicted octanol–water partition coefficient (Wildman–Crippen LogP) is 1.38. The molecule has 72 valence electrons. The summed E-state index contributed by atoms with van der Waals surface area (Å²) in [5, 5.41) is 17.5. The fourth-order valence-corrected chi connectivity index (χ4v) is 1.19. The number of hydrogen-bond donors (Lipinski definition) is 2. The Balaban J connectivity index is 3.18. The summed E-state index contributed by atoms with van der Waals surface area (Å²) in [6.45, 7) is 1.58. The van der Waals surface area contributed by atoms with Crippen LogP contribution in [-0.2, 0) is 9.53 Å². The molecule has 1 aliphatic rings. The SMILES string of the molecule is CC1=COC(O)(C(=O)O)C(Cl)=C1Cl. The van der Waals surface area contributed by atoms with Crippen molar-refractivity contribution in [1.82, 2.24) is 0 Å². The average Bonchev–Trinajstić information content (AvgIpc) is 2.08. The van der Waals surface area contributed by atoms with Gasteiger partial charge in [-0.05, 0) is 6.92 Å². The molecule has 0 spiro atoms. The van der Waals surface area contributed by atoms with Gasteiger partial charge < -0.3 is 14.9 Å². The lowest BCUT2D eigenvalue weighted by molar-refractivity contribution is -0.191. The standard InChI is InChI=1S/C7H6Cl2O4/c1-3-2-13-7(12,6(10)11)5(9)4(3)8/h2,12H,1H3,(H,10,11). The highest BCUT2D eigenvalue weighted by Crippen LogP contribution is 2.36. The van der Waals surface area contributed by atoms with E-state index in [1.165, 1.54) is 0 Å². The third-order valence-corrected chi connectivity index (χ3v) is 2.56. The van der Waals surface area contributed by atoms with Crippen LogP contribution in [0, 0.1) is 0 Å². The van der Waals surface area contributed by atoms with E-state index in [-0.39, 0.29) is 5.03 Å². The quantitative estimate of drug-likeness (QED) is 0.707. The van der Waals surface area contributed by atoms with Crippen LogP contribution in [-0.4, -0.2) is 22.0 Å². The molecule has 0 aromatic rings. The molecule has 2 N–H and O–H groups in total. The Kier molecular flexibility index (Phi) is 2.56. The lowest BCUT2D eigenvalue weighted by Crippen LogP contribution is -2.42. The fraction of sp³-hybridized carbons (Fsp3) is 0.286. The third-order valence-electron chi connectivity index (χ3n) is 1.53. The van der Waals surface area contributed by atoms with Crippen LogP contribution in [0.5, 0.6) is 0 Å². The highest BCUT2D eigenvalue weighted by atomic mass is 35.5. The van der Waals surface area contributed by atoms with Gasteiger partial charge in [-0.15, -0.1) is 0 Å². The van der Waals surface area contributed by atoms with Crippen LogP contribution in [0.2, 0.25) is 0 Å². The number of allylic oxidation sites excluding steroid dienone is 2. The van der Waals surface area contributed by atoms with Crippen LogP contribution < -0.4 is 0 Å². The molecule has 0 aliphatic carbocycles. The van der Waals surface area contributed by atoms with Crippen molar-refractivity contribution in [3.63, 3.8) is 0 Å². The lowest BCUT2D eigenvalue weighted by atomic mass is 10.1. The monoisotopic (exact) mass is 224 g/mol. The van der Waals surface area contributed by atoms with E-state index in [9.17, 15) is 9.90 Å². The molecule has 0 amide bonds. The molecule has 0 aromatic heterocycles. The number of aliphatic hydroxyl groups is 1. The summed E-state index contributed by atoms with van der Waals surface area (Å²) in [6.07, 6.45) is 1.04. The molecule has 1 atom stereocenters. The molecular weight excluding hydrogens is 219 g/mol. The van der Waals surface area contributed by atoms with Gasteiger partial charge in [-0.1, -0.05) is 23.2 Å². The second kappa shape index (κ2) is 3.21.